The van der Waals surface area contributed by atoms with E-state index in [1.165, 1.54) is 32.0 Å². The molecule has 2 aromatic heterocycles. The molecule has 0 atom stereocenters. The van der Waals surface area contributed by atoms with Gasteiger partial charge in [0.1, 0.15) is 0 Å². The van der Waals surface area contributed by atoms with Crippen LogP contribution in [0, 0.1) is 0 Å². The third kappa shape index (κ3) is 3.92. The molecule has 1 aliphatic rings. The monoisotopic (exact) mass is 300 g/mol. The van der Waals surface area contributed by atoms with E-state index in [1.54, 1.807) is 12.3 Å². The molecule has 1 N–H and O–H groups in total. The summed E-state index contributed by atoms with van der Waals surface area (Å²) in [5.41, 5.74) is 1.32. The predicted molar refractivity (Wildman–Crippen MR) is 83.9 cm³/mol. The SMILES string of the molecule is O=c1ccc(-c2ccc(OCCCN3CCCC3)nc2)n[nH]1. The van der Waals surface area contributed by atoms with E-state index in [2.05, 4.69) is 20.1 Å². The molecule has 3 heterocycles. The quantitative estimate of drug-likeness (QED) is 0.822. The van der Waals surface area contributed by atoms with Crippen LogP contribution in [-0.4, -0.2) is 46.3 Å². The Labute approximate surface area is 129 Å². The molecule has 0 saturated carbocycles. The van der Waals surface area contributed by atoms with Gasteiger partial charge in [-0.2, -0.15) is 5.10 Å². The lowest BCUT2D eigenvalue weighted by atomic mass is 10.2. The summed E-state index contributed by atoms with van der Waals surface area (Å²) >= 11 is 0. The van der Waals surface area contributed by atoms with Crippen molar-refractivity contribution in [3.63, 3.8) is 0 Å². The Morgan fingerprint density at radius 3 is 2.73 bits per heavy atom. The molecule has 6 heteroatoms. The minimum absolute atomic E-state index is 0.213. The Bertz CT molecular complexity index is 627. The van der Waals surface area contributed by atoms with Gasteiger partial charge >= 0.3 is 0 Å². The van der Waals surface area contributed by atoms with Crippen LogP contribution in [0.15, 0.2) is 35.3 Å². The number of aromatic amines is 1. The highest BCUT2D eigenvalue weighted by Crippen LogP contribution is 2.16. The zero-order valence-corrected chi connectivity index (χ0v) is 12.5. The first-order chi connectivity index (χ1) is 10.8. The highest BCUT2D eigenvalue weighted by molar-refractivity contribution is 5.57. The largest absolute Gasteiger partial charge is 0.478 e. The van der Waals surface area contributed by atoms with Gasteiger partial charge in [0.05, 0.1) is 12.3 Å². The fourth-order valence-corrected chi connectivity index (χ4v) is 2.59. The Balaban J connectivity index is 1.48. The Kier molecular flexibility index (Phi) is 4.80. The van der Waals surface area contributed by atoms with E-state index in [-0.39, 0.29) is 5.56 Å². The maximum absolute atomic E-state index is 11.0. The smallest absolute Gasteiger partial charge is 0.264 e. The van der Waals surface area contributed by atoms with Crippen molar-refractivity contribution >= 4 is 0 Å². The zero-order valence-electron chi connectivity index (χ0n) is 12.5. The van der Waals surface area contributed by atoms with Gasteiger partial charge in [-0.3, -0.25) is 4.79 Å². The number of ether oxygens (including phenoxy) is 1. The van der Waals surface area contributed by atoms with Gasteiger partial charge in [0.25, 0.3) is 5.56 Å². The van der Waals surface area contributed by atoms with E-state index in [1.807, 2.05) is 12.1 Å². The van der Waals surface area contributed by atoms with Gasteiger partial charge in [0.2, 0.25) is 5.88 Å². The van der Waals surface area contributed by atoms with Gasteiger partial charge in [-0.05, 0) is 44.5 Å². The van der Waals surface area contributed by atoms with E-state index < -0.39 is 0 Å². The molecule has 0 radical (unpaired) electrons. The summed E-state index contributed by atoms with van der Waals surface area (Å²) in [5, 5.41) is 6.39. The molecule has 2 aromatic rings. The van der Waals surface area contributed by atoms with Crippen molar-refractivity contribution < 1.29 is 4.74 Å². The van der Waals surface area contributed by atoms with Crippen LogP contribution in [0.1, 0.15) is 19.3 Å². The number of rotatable bonds is 6. The lowest BCUT2D eigenvalue weighted by molar-refractivity contribution is 0.257. The van der Waals surface area contributed by atoms with Crippen LogP contribution in [0.2, 0.25) is 0 Å². The number of H-pyrrole nitrogens is 1. The molecule has 0 unspecified atom stereocenters. The molecule has 116 valence electrons. The van der Waals surface area contributed by atoms with Gasteiger partial charge in [-0.25, -0.2) is 10.1 Å². The van der Waals surface area contributed by atoms with Crippen LogP contribution in [0.25, 0.3) is 11.3 Å². The molecule has 0 aromatic carbocycles. The number of hydrogen-bond donors (Lipinski definition) is 1. The van der Waals surface area contributed by atoms with Crippen molar-refractivity contribution in [2.75, 3.05) is 26.2 Å². The predicted octanol–water partition coefficient (Wildman–Crippen LogP) is 1.70. The van der Waals surface area contributed by atoms with Crippen molar-refractivity contribution in [3.05, 3.63) is 40.8 Å². The topological polar surface area (TPSA) is 71.1 Å². The van der Waals surface area contributed by atoms with E-state index in [0.717, 1.165) is 18.5 Å². The van der Waals surface area contributed by atoms with E-state index >= 15 is 0 Å². The molecule has 1 saturated heterocycles. The summed E-state index contributed by atoms with van der Waals surface area (Å²) in [6.45, 7) is 4.22. The standard InChI is InChI=1S/C16H20N4O2/c21-15-6-5-14(18-19-15)13-4-7-16(17-12-13)22-11-3-10-20-8-1-2-9-20/h4-7,12H,1-3,8-11H2,(H,19,21). The van der Waals surface area contributed by atoms with Gasteiger partial charge in [-0.15, -0.1) is 0 Å². The highest BCUT2D eigenvalue weighted by Gasteiger charge is 2.10. The van der Waals surface area contributed by atoms with Gasteiger partial charge in [0, 0.05) is 30.4 Å². The van der Waals surface area contributed by atoms with Crippen LogP contribution < -0.4 is 10.3 Å². The number of aromatic nitrogens is 3. The van der Waals surface area contributed by atoms with Crippen LogP contribution in [0.4, 0.5) is 0 Å². The van der Waals surface area contributed by atoms with E-state index in [9.17, 15) is 4.79 Å². The fraction of sp³-hybridized carbons (Fsp3) is 0.438. The molecule has 1 fully saturated rings. The molecule has 3 rings (SSSR count). The molecular weight excluding hydrogens is 280 g/mol. The number of likely N-dealkylation sites (tertiary alicyclic amines) is 1. The lowest BCUT2D eigenvalue weighted by Gasteiger charge is -2.14. The molecule has 0 bridgehead atoms. The second-order valence-electron chi connectivity index (χ2n) is 5.44. The first-order valence-electron chi connectivity index (χ1n) is 7.68. The minimum atomic E-state index is -0.213. The normalized spacial score (nSPS) is 15.1. The Hall–Kier alpha value is -2.21. The summed E-state index contributed by atoms with van der Waals surface area (Å²) < 4.78 is 5.66. The molecule has 22 heavy (non-hydrogen) atoms. The van der Waals surface area contributed by atoms with Crippen molar-refractivity contribution in [3.8, 4) is 17.1 Å². The highest BCUT2D eigenvalue weighted by atomic mass is 16.5. The van der Waals surface area contributed by atoms with Crippen molar-refractivity contribution in [1.29, 1.82) is 0 Å². The Morgan fingerprint density at radius 2 is 2.05 bits per heavy atom. The van der Waals surface area contributed by atoms with E-state index in [4.69, 9.17) is 4.74 Å². The second kappa shape index (κ2) is 7.17. The number of nitrogens with one attached hydrogen (secondary N) is 1. The van der Waals surface area contributed by atoms with Crippen LogP contribution in [0.5, 0.6) is 5.88 Å². The molecule has 6 nitrogen and oxygen atoms in total. The molecule has 0 aliphatic carbocycles. The van der Waals surface area contributed by atoms with Crippen LogP contribution in [0.3, 0.4) is 0 Å². The summed E-state index contributed by atoms with van der Waals surface area (Å²) in [5.74, 6) is 0.620. The molecular formula is C16H20N4O2. The summed E-state index contributed by atoms with van der Waals surface area (Å²) in [7, 11) is 0. The van der Waals surface area contributed by atoms with Crippen LogP contribution >= 0.6 is 0 Å². The van der Waals surface area contributed by atoms with Gasteiger partial charge < -0.3 is 9.64 Å². The van der Waals surface area contributed by atoms with Crippen molar-refractivity contribution in [2.24, 2.45) is 0 Å². The minimum Gasteiger partial charge on any atom is -0.478 e. The summed E-state index contributed by atoms with van der Waals surface area (Å²) in [6.07, 6.45) is 5.37. The van der Waals surface area contributed by atoms with Gasteiger partial charge in [-0.1, -0.05) is 0 Å². The first-order valence-corrected chi connectivity index (χ1v) is 7.68. The number of pyridine rings is 1. The van der Waals surface area contributed by atoms with Crippen molar-refractivity contribution in [2.45, 2.75) is 19.3 Å². The second-order valence-corrected chi connectivity index (χ2v) is 5.44. The number of hydrogen-bond acceptors (Lipinski definition) is 5. The Morgan fingerprint density at radius 1 is 1.18 bits per heavy atom. The lowest BCUT2D eigenvalue weighted by Crippen LogP contribution is -2.21. The van der Waals surface area contributed by atoms with Gasteiger partial charge in [0.15, 0.2) is 0 Å². The average Bonchev–Trinajstić information content (AvgIpc) is 3.06. The maximum atomic E-state index is 11.0. The molecule has 0 amide bonds. The van der Waals surface area contributed by atoms with E-state index in [0.29, 0.717) is 18.2 Å². The maximum Gasteiger partial charge on any atom is 0.264 e. The number of nitrogens with zero attached hydrogens (tertiary/aromatic N) is 3. The summed E-state index contributed by atoms with van der Waals surface area (Å²) in [4.78, 5) is 17.7. The molecule has 0 spiro atoms. The third-order valence-electron chi connectivity index (χ3n) is 3.78. The summed E-state index contributed by atoms with van der Waals surface area (Å²) in [6, 6.07) is 6.85. The third-order valence-corrected chi connectivity index (χ3v) is 3.78. The fourth-order valence-electron chi connectivity index (χ4n) is 2.59. The zero-order chi connectivity index (χ0) is 15.2. The average molecular weight is 300 g/mol. The first kappa shape index (κ1) is 14.7. The molecule has 1 aliphatic heterocycles. The van der Waals surface area contributed by atoms with Crippen molar-refractivity contribution in [1.82, 2.24) is 20.1 Å². The van der Waals surface area contributed by atoms with Crippen LogP contribution in [-0.2, 0) is 0 Å².